The van der Waals surface area contributed by atoms with Crippen LogP contribution in [0.15, 0.2) is 23.1 Å². The molecule has 1 aromatic carbocycles. The molecule has 0 bridgehead atoms. The fourth-order valence-corrected chi connectivity index (χ4v) is 5.70. The Labute approximate surface area is 159 Å². The van der Waals surface area contributed by atoms with Crippen LogP contribution in [-0.2, 0) is 19.9 Å². The van der Waals surface area contributed by atoms with Gasteiger partial charge in [0.05, 0.1) is 21.9 Å². The van der Waals surface area contributed by atoms with Crippen LogP contribution in [0.1, 0.15) is 12.8 Å². The summed E-state index contributed by atoms with van der Waals surface area (Å²) in [5.41, 5.74) is 0. The molecule has 1 aliphatic rings. The molecule has 0 spiro atoms. The summed E-state index contributed by atoms with van der Waals surface area (Å²) in [5.74, 6) is -0.0559. The Morgan fingerprint density at radius 3 is 2.32 bits per heavy atom. The molecular weight excluding hydrogens is 407 g/mol. The van der Waals surface area contributed by atoms with Crippen LogP contribution in [0.2, 0.25) is 10.0 Å². The van der Waals surface area contributed by atoms with E-state index in [4.69, 9.17) is 23.2 Å². The third kappa shape index (κ3) is 5.55. The van der Waals surface area contributed by atoms with E-state index in [1.54, 1.807) is 13.1 Å². The number of sulfonamides is 1. The molecule has 0 unspecified atom stereocenters. The molecule has 1 heterocycles. The Bertz CT molecular complexity index is 820. The molecule has 0 aromatic heterocycles. The van der Waals surface area contributed by atoms with Crippen LogP contribution in [0.3, 0.4) is 0 Å². The number of piperidine rings is 1. The number of hydrogen-bond donors (Lipinski definition) is 0. The van der Waals surface area contributed by atoms with Crippen LogP contribution in [0.25, 0.3) is 0 Å². The summed E-state index contributed by atoms with van der Waals surface area (Å²) in [5, 5.41) is 0.491. The van der Waals surface area contributed by atoms with Crippen molar-refractivity contribution in [3.63, 3.8) is 0 Å². The molecule has 0 saturated carbocycles. The maximum atomic E-state index is 12.5. The quantitative estimate of drug-likeness (QED) is 0.693. The topological polar surface area (TPSA) is 74.8 Å². The molecular formula is C15H22Cl2N2O4S2. The number of nitrogens with zero attached hydrogens (tertiary/aromatic N) is 2. The van der Waals surface area contributed by atoms with Gasteiger partial charge < -0.3 is 4.90 Å². The van der Waals surface area contributed by atoms with Crippen molar-refractivity contribution in [2.45, 2.75) is 23.8 Å². The zero-order valence-electron chi connectivity index (χ0n) is 14.2. The summed E-state index contributed by atoms with van der Waals surface area (Å²) in [7, 11) is -5.15. The highest BCUT2D eigenvalue weighted by atomic mass is 35.5. The van der Waals surface area contributed by atoms with Crippen molar-refractivity contribution in [3.05, 3.63) is 28.2 Å². The molecule has 0 N–H and O–H groups in total. The Hall–Kier alpha value is -0.380. The first kappa shape index (κ1) is 20.9. The van der Waals surface area contributed by atoms with Crippen LogP contribution < -0.4 is 0 Å². The Kier molecular flexibility index (Phi) is 6.78. The molecule has 10 heteroatoms. The maximum absolute atomic E-state index is 12.5. The molecule has 2 rings (SSSR count). The van der Waals surface area contributed by atoms with Gasteiger partial charge in [0, 0.05) is 24.7 Å². The van der Waals surface area contributed by atoms with E-state index >= 15 is 0 Å². The second-order valence-electron chi connectivity index (χ2n) is 6.25. The van der Waals surface area contributed by atoms with Gasteiger partial charge in [-0.25, -0.2) is 21.1 Å². The van der Waals surface area contributed by atoms with E-state index < -0.39 is 19.9 Å². The third-order valence-electron chi connectivity index (χ3n) is 4.50. The predicted octanol–water partition coefficient (Wildman–Crippen LogP) is 2.12. The Morgan fingerprint density at radius 1 is 1.16 bits per heavy atom. The number of benzene rings is 1. The predicted molar refractivity (Wildman–Crippen MR) is 101 cm³/mol. The monoisotopic (exact) mass is 428 g/mol. The smallest absolute Gasteiger partial charge is 0.211 e. The van der Waals surface area contributed by atoms with E-state index in [-0.39, 0.29) is 21.7 Å². The minimum Gasteiger partial charge on any atom is -0.302 e. The molecule has 142 valence electrons. The fourth-order valence-electron chi connectivity index (χ4n) is 2.85. The lowest BCUT2D eigenvalue weighted by atomic mass is 10.1. The number of hydrogen-bond acceptors (Lipinski definition) is 5. The van der Waals surface area contributed by atoms with Crippen LogP contribution in [0, 0.1) is 0 Å². The molecule has 0 radical (unpaired) electrons. The largest absolute Gasteiger partial charge is 0.302 e. The van der Waals surface area contributed by atoms with Crippen molar-refractivity contribution in [1.29, 1.82) is 0 Å². The lowest BCUT2D eigenvalue weighted by Gasteiger charge is -2.35. The first-order valence-corrected chi connectivity index (χ1v) is 12.1. The second-order valence-corrected chi connectivity index (χ2v) is 11.2. The zero-order chi connectivity index (χ0) is 18.8. The minimum atomic E-state index is -3.53. The number of likely N-dealkylation sites (tertiary alicyclic amines) is 1. The summed E-state index contributed by atoms with van der Waals surface area (Å²) in [6.45, 7) is 1.69. The van der Waals surface area contributed by atoms with E-state index in [1.807, 2.05) is 4.90 Å². The van der Waals surface area contributed by atoms with E-state index in [0.717, 1.165) is 0 Å². The number of halogens is 2. The van der Waals surface area contributed by atoms with Gasteiger partial charge in [0.2, 0.25) is 10.0 Å². The molecule has 0 atom stereocenters. The normalized spacial score (nSPS) is 18.0. The van der Waals surface area contributed by atoms with Crippen molar-refractivity contribution in [1.82, 2.24) is 9.21 Å². The highest BCUT2D eigenvalue weighted by Crippen LogP contribution is 2.26. The van der Waals surface area contributed by atoms with Gasteiger partial charge in [0.25, 0.3) is 0 Å². The van der Waals surface area contributed by atoms with Crippen molar-refractivity contribution in [3.8, 4) is 0 Å². The van der Waals surface area contributed by atoms with Gasteiger partial charge in [-0.05, 0) is 44.1 Å². The van der Waals surface area contributed by atoms with Gasteiger partial charge in [-0.15, -0.1) is 0 Å². The molecule has 1 fully saturated rings. The summed E-state index contributed by atoms with van der Waals surface area (Å²) >= 11 is 11.9. The second kappa shape index (κ2) is 8.10. The number of rotatable bonds is 6. The van der Waals surface area contributed by atoms with Crippen molar-refractivity contribution in [2.24, 2.45) is 0 Å². The SMILES string of the molecule is CN(C1CCN(CCS(=O)(=O)c2cc(Cl)ccc2Cl)CC1)S(C)(=O)=O. The van der Waals surface area contributed by atoms with Gasteiger partial charge in [-0.3, -0.25) is 0 Å². The number of sulfone groups is 1. The summed E-state index contributed by atoms with van der Waals surface area (Å²) in [4.78, 5) is 2.08. The standard InChI is InChI=1S/C15H22Cl2N2O4S2/c1-18(24(2,20)21)13-5-7-19(8-6-13)9-10-25(22,23)15-11-12(16)3-4-14(15)17/h3-4,11,13H,5-10H2,1-2H3. The summed E-state index contributed by atoms with van der Waals surface area (Å²) in [6.07, 6.45) is 2.56. The van der Waals surface area contributed by atoms with E-state index in [2.05, 4.69) is 0 Å². The van der Waals surface area contributed by atoms with E-state index in [9.17, 15) is 16.8 Å². The first-order valence-electron chi connectivity index (χ1n) is 7.84. The molecule has 0 amide bonds. The third-order valence-corrected chi connectivity index (χ3v) is 8.25. The summed E-state index contributed by atoms with van der Waals surface area (Å²) in [6, 6.07) is 4.35. The van der Waals surface area contributed by atoms with Crippen molar-refractivity contribution >= 4 is 43.1 Å². The minimum absolute atomic E-state index is 0.0368. The fraction of sp³-hybridized carbons (Fsp3) is 0.600. The van der Waals surface area contributed by atoms with Gasteiger partial charge in [-0.2, -0.15) is 0 Å². The van der Waals surface area contributed by atoms with Crippen molar-refractivity contribution < 1.29 is 16.8 Å². The van der Waals surface area contributed by atoms with Crippen LogP contribution >= 0.6 is 23.2 Å². The van der Waals surface area contributed by atoms with Crippen molar-refractivity contribution in [2.75, 3.05) is 38.7 Å². The molecule has 0 aliphatic carbocycles. The maximum Gasteiger partial charge on any atom is 0.211 e. The van der Waals surface area contributed by atoms with E-state index in [1.165, 1.54) is 22.7 Å². The highest BCUT2D eigenvalue weighted by molar-refractivity contribution is 7.91. The highest BCUT2D eigenvalue weighted by Gasteiger charge is 2.28. The molecule has 6 nitrogen and oxygen atoms in total. The lowest BCUT2D eigenvalue weighted by Crippen LogP contribution is -2.46. The zero-order valence-corrected chi connectivity index (χ0v) is 17.3. The first-order chi connectivity index (χ1) is 11.5. The Morgan fingerprint density at radius 2 is 1.76 bits per heavy atom. The van der Waals surface area contributed by atoms with Gasteiger partial charge in [0.1, 0.15) is 0 Å². The van der Waals surface area contributed by atoms with Gasteiger partial charge >= 0.3 is 0 Å². The summed E-state index contributed by atoms with van der Waals surface area (Å²) < 4.78 is 49.6. The Balaban J connectivity index is 1.94. The average molecular weight is 429 g/mol. The van der Waals surface area contributed by atoms with Gasteiger partial charge in [0.15, 0.2) is 9.84 Å². The molecule has 1 saturated heterocycles. The van der Waals surface area contributed by atoms with Crippen LogP contribution in [0.5, 0.6) is 0 Å². The van der Waals surface area contributed by atoms with Crippen LogP contribution in [0.4, 0.5) is 0 Å². The lowest BCUT2D eigenvalue weighted by molar-refractivity contribution is 0.177. The molecule has 25 heavy (non-hydrogen) atoms. The molecule has 1 aromatic rings. The average Bonchev–Trinajstić information content (AvgIpc) is 2.54. The molecule has 1 aliphatic heterocycles. The van der Waals surface area contributed by atoms with Crippen LogP contribution in [-0.4, -0.2) is 70.8 Å². The van der Waals surface area contributed by atoms with Gasteiger partial charge in [-0.1, -0.05) is 23.2 Å². The van der Waals surface area contributed by atoms with E-state index in [0.29, 0.717) is 37.5 Å².